The van der Waals surface area contributed by atoms with Gasteiger partial charge in [-0.25, -0.2) is 4.98 Å². The molecule has 0 spiro atoms. The standard InChI is InChI=1S/C12H12BrN3O/c13-9-4-1-3-8(7-9)11-14-12(16-15-11)10-5-2-6-17-10/h1,3-4,7,10H,2,5-6H2,(H,14,15,16)/t10-/m0/s1. The Labute approximate surface area is 108 Å². The number of halogens is 1. The lowest BCUT2D eigenvalue weighted by Gasteiger charge is -2.02. The molecule has 0 aliphatic carbocycles. The number of hydrogen-bond acceptors (Lipinski definition) is 3. The molecule has 0 unspecified atom stereocenters. The van der Waals surface area contributed by atoms with E-state index in [0.717, 1.165) is 41.1 Å². The molecule has 1 fully saturated rings. The van der Waals surface area contributed by atoms with Crippen molar-refractivity contribution < 1.29 is 4.74 Å². The van der Waals surface area contributed by atoms with Gasteiger partial charge in [-0.1, -0.05) is 28.1 Å². The molecular weight excluding hydrogens is 282 g/mol. The zero-order valence-corrected chi connectivity index (χ0v) is 10.8. The number of nitrogens with zero attached hydrogens (tertiary/aromatic N) is 2. The van der Waals surface area contributed by atoms with Crippen LogP contribution >= 0.6 is 15.9 Å². The fourth-order valence-electron chi connectivity index (χ4n) is 1.97. The van der Waals surface area contributed by atoms with Crippen molar-refractivity contribution in [3.05, 3.63) is 34.6 Å². The first kappa shape index (κ1) is 10.9. The summed E-state index contributed by atoms with van der Waals surface area (Å²) in [4.78, 5) is 4.49. The number of rotatable bonds is 2. The van der Waals surface area contributed by atoms with Crippen LogP contribution in [0.25, 0.3) is 11.4 Å². The van der Waals surface area contributed by atoms with Crippen LogP contribution < -0.4 is 0 Å². The van der Waals surface area contributed by atoms with Gasteiger partial charge < -0.3 is 4.74 Å². The summed E-state index contributed by atoms with van der Waals surface area (Å²) in [6.45, 7) is 0.817. The molecule has 1 aliphatic heterocycles. The van der Waals surface area contributed by atoms with Gasteiger partial charge in [-0.05, 0) is 25.0 Å². The Morgan fingerprint density at radius 2 is 2.35 bits per heavy atom. The molecule has 1 aromatic carbocycles. The zero-order chi connectivity index (χ0) is 11.7. The second-order valence-corrected chi connectivity index (χ2v) is 4.97. The summed E-state index contributed by atoms with van der Waals surface area (Å²) in [5.74, 6) is 1.55. The molecule has 0 radical (unpaired) electrons. The number of nitrogens with one attached hydrogen (secondary N) is 1. The maximum absolute atomic E-state index is 5.57. The summed E-state index contributed by atoms with van der Waals surface area (Å²) in [5.41, 5.74) is 1.000. The highest BCUT2D eigenvalue weighted by Crippen LogP contribution is 2.27. The molecule has 88 valence electrons. The summed E-state index contributed by atoms with van der Waals surface area (Å²) >= 11 is 3.44. The molecule has 0 bridgehead atoms. The van der Waals surface area contributed by atoms with Crippen molar-refractivity contribution in [3.8, 4) is 11.4 Å². The number of aromatic amines is 1. The largest absolute Gasteiger partial charge is 0.370 e. The number of hydrogen-bond donors (Lipinski definition) is 1. The van der Waals surface area contributed by atoms with Crippen molar-refractivity contribution in [2.24, 2.45) is 0 Å². The zero-order valence-electron chi connectivity index (χ0n) is 9.19. The molecule has 0 saturated carbocycles. The third-order valence-corrected chi connectivity index (χ3v) is 3.31. The molecule has 5 heteroatoms. The SMILES string of the molecule is Brc1cccc(-c2n[nH]c([C@@H]3CCCO3)n2)c1. The van der Waals surface area contributed by atoms with Crippen molar-refractivity contribution in [1.29, 1.82) is 0 Å². The van der Waals surface area contributed by atoms with Gasteiger partial charge in [-0.3, -0.25) is 5.10 Å². The van der Waals surface area contributed by atoms with E-state index < -0.39 is 0 Å². The molecule has 2 heterocycles. The lowest BCUT2D eigenvalue weighted by atomic mass is 10.2. The average molecular weight is 294 g/mol. The monoisotopic (exact) mass is 293 g/mol. The summed E-state index contributed by atoms with van der Waals surface area (Å²) < 4.78 is 6.60. The highest BCUT2D eigenvalue weighted by molar-refractivity contribution is 9.10. The van der Waals surface area contributed by atoms with E-state index in [-0.39, 0.29) is 6.10 Å². The Morgan fingerprint density at radius 1 is 1.41 bits per heavy atom. The van der Waals surface area contributed by atoms with Gasteiger partial charge in [-0.2, -0.15) is 5.10 Å². The normalized spacial score (nSPS) is 19.7. The van der Waals surface area contributed by atoms with Crippen LogP contribution in [0.4, 0.5) is 0 Å². The van der Waals surface area contributed by atoms with E-state index in [1.54, 1.807) is 0 Å². The molecule has 17 heavy (non-hydrogen) atoms. The molecule has 1 atom stereocenters. The van der Waals surface area contributed by atoms with Crippen LogP contribution in [0.3, 0.4) is 0 Å². The average Bonchev–Trinajstić information content (AvgIpc) is 3.00. The molecule has 4 nitrogen and oxygen atoms in total. The summed E-state index contributed by atoms with van der Waals surface area (Å²) in [6.07, 6.45) is 2.20. The predicted octanol–water partition coefficient (Wildman–Crippen LogP) is 3.09. The molecule has 0 amide bonds. The molecular formula is C12H12BrN3O. The number of H-pyrrole nitrogens is 1. The van der Waals surface area contributed by atoms with E-state index in [2.05, 4.69) is 31.1 Å². The molecule has 2 aromatic rings. The highest BCUT2D eigenvalue weighted by atomic mass is 79.9. The number of aromatic nitrogens is 3. The maximum Gasteiger partial charge on any atom is 0.181 e. The van der Waals surface area contributed by atoms with Crippen molar-refractivity contribution >= 4 is 15.9 Å². The van der Waals surface area contributed by atoms with E-state index in [0.29, 0.717) is 0 Å². The molecule has 1 aliphatic rings. The minimum Gasteiger partial charge on any atom is -0.370 e. The van der Waals surface area contributed by atoms with Crippen LogP contribution in [-0.4, -0.2) is 21.8 Å². The van der Waals surface area contributed by atoms with Crippen LogP contribution in [0.2, 0.25) is 0 Å². The van der Waals surface area contributed by atoms with Gasteiger partial charge in [0.05, 0.1) is 0 Å². The molecule has 1 N–H and O–H groups in total. The second-order valence-electron chi connectivity index (χ2n) is 4.06. The second kappa shape index (κ2) is 4.58. The van der Waals surface area contributed by atoms with Crippen molar-refractivity contribution in [2.45, 2.75) is 18.9 Å². The van der Waals surface area contributed by atoms with Crippen molar-refractivity contribution in [3.63, 3.8) is 0 Å². The third-order valence-electron chi connectivity index (χ3n) is 2.82. The fourth-order valence-corrected chi connectivity index (χ4v) is 2.37. The summed E-state index contributed by atoms with van der Waals surface area (Å²) in [7, 11) is 0. The lowest BCUT2D eigenvalue weighted by Crippen LogP contribution is -1.97. The van der Waals surface area contributed by atoms with Crippen LogP contribution in [0.15, 0.2) is 28.7 Å². The Bertz CT molecular complexity index is 520. The Morgan fingerprint density at radius 3 is 3.12 bits per heavy atom. The first-order valence-electron chi connectivity index (χ1n) is 5.63. The van der Waals surface area contributed by atoms with Crippen molar-refractivity contribution in [1.82, 2.24) is 15.2 Å². The first-order chi connectivity index (χ1) is 8.33. The van der Waals surface area contributed by atoms with Gasteiger partial charge >= 0.3 is 0 Å². The van der Waals surface area contributed by atoms with Gasteiger partial charge in [0.15, 0.2) is 11.6 Å². The topological polar surface area (TPSA) is 50.8 Å². The van der Waals surface area contributed by atoms with E-state index in [1.807, 2.05) is 24.3 Å². The Kier molecular flexibility index (Phi) is 2.94. The van der Waals surface area contributed by atoms with Gasteiger partial charge in [0.2, 0.25) is 0 Å². The molecule has 1 saturated heterocycles. The predicted molar refractivity (Wildman–Crippen MR) is 67.4 cm³/mol. The number of benzene rings is 1. The first-order valence-corrected chi connectivity index (χ1v) is 6.42. The lowest BCUT2D eigenvalue weighted by molar-refractivity contribution is 0.105. The van der Waals surface area contributed by atoms with E-state index in [4.69, 9.17) is 4.74 Å². The van der Waals surface area contributed by atoms with Gasteiger partial charge in [0.25, 0.3) is 0 Å². The minimum atomic E-state index is 0.0865. The third kappa shape index (κ3) is 2.25. The van der Waals surface area contributed by atoms with Gasteiger partial charge in [-0.15, -0.1) is 0 Å². The summed E-state index contributed by atoms with van der Waals surface area (Å²) in [5, 5.41) is 7.20. The van der Waals surface area contributed by atoms with Crippen LogP contribution in [0, 0.1) is 0 Å². The molecule has 3 rings (SSSR count). The van der Waals surface area contributed by atoms with E-state index >= 15 is 0 Å². The van der Waals surface area contributed by atoms with Gasteiger partial charge in [0.1, 0.15) is 6.10 Å². The van der Waals surface area contributed by atoms with Crippen LogP contribution in [0.5, 0.6) is 0 Å². The van der Waals surface area contributed by atoms with Gasteiger partial charge in [0, 0.05) is 16.6 Å². The molecule has 1 aromatic heterocycles. The Hall–Kier alpha value is -1.20. The number of ether oxygens (including phenoxy) is 1. The fraction of sp³-hybridized carbons (Fsp3) is 0.333. The van der Waals surface area contributed by atoms with Crippen LogP contribution in [0.1, 0.15) is 24.8 Å². The van der Waals surface area contributed by atoms with Crippen molar-refractivity contribution in [2.75, 3.05) is 6.61 Å². The highest BCUT2D eigenvalue weighted by Gasteiger charge is 2.21. The van der Waals surface area contributed by atoms with E-state index in [9.17, 15) is 0 Å². The quantitative estimate of drug-likeness (QED) is 0.926. The Balaban J connectivity index is 1.89. The van der Waals surface area contributed by atoms with Crippen LogP contribution in [-0.2, 0) is 4.74 Å². The smallest absolute Gasteiger partial charge is 0.181 e. The van der Waals surface area contributed by atoms with E-state index in [1.165, 1.54) is 0 Å². The maximum atomic E-state index is 5.57. The summed E-state index contributed by atoms with van der Waals surface area (Å²) in [6, 6.07) is 7.95. The minimum absolute atomic E-state index is 0.0865.